The molecule has 0 saturated carbocycles. The lowest BCUT2D eigenvalue weighted by Crippen LogP contribution is -2.26. The van der Waals surface area contributed by atoms with Crippen LogP contribution in [0.2, 0.25) is 5.02 Å². The van der Waals surface area contributed by atoms with Gasteiger partial charge in [0.05, 0.1) is 10.5 Å². The molecule has 1 aromatic rings. The summed E-state index contributed by atoms with van der Waals surface area (Å²) in [6, 6.07) is 2.26. The first-order valence-electron chi connectivity index (χ1n) is 6.94. The van der Waals surface area contributed by atoms with Crippen molar-refractivity contribution in [1.82, 2.24) is 10.0 Å². The van der Waals surface area contributed by atoms with Gasteiger partial charge in [-0.1, -0.05) is 23.3 Å². The zero-order valence-corrected chi connectivity index (χ0v) is 13.7. The van der Waals surface area contributed by atoms with E-state index in [4.69, 9.17) is 11.6 Å². The van der Waals surface area contributed by atoms with Gasteiger partial charge < -0.3 is 5.32 Å². The lowest BCUT2D eigenvalue weighted by atomic mass is 10.1. The molecule has 0 radical (unpaired) electrons. The Morgan fingerprint density at radius 3 is 2.48 bits per heavy atom. The molecule has 0 unspecified atom stereocenters. The molecule has 1 aliphatic rings. The highest BCUT2D eigenvalue weighted by molar-refractivity contribution is 7.89. The Bertz CT molecular complexity index is 694. The predicted molar refractivity (Wildman–Crippen MR) is 81.8 cm³/mol. The molecule has 128 valence electrons. The van der Waals surface area contributed by atoms with Gasteiger partial charge in [-0.25, -0.2) is 13.1 Å². The van der Waals surface area contributed by atoms with Crippen molar-refractivity contribution in [1.29, 1.82) is 0 Å². The van der Waals surface area contributed by atoms with Crippen LogP contribution in [0.1, 0.15) is 18.4 Å². The standard InChI is InChI=1S/C14H16ClF3N2O2S/c15-12-7-11(14(16,17)18)8-13(9-12)23(21,22)20-6-3-10-1-4-19-5-2-10/h3,7-9,19-20H,1-2,4-6H2. The van der Waals surface area contributed by atoms with Gasteiger partial charge in [0.1, 0.15) is 0 Å². The topological polar surface area (TPSA) is 58.2 Å². The summed E-state index contributed by atoms with van der Waals surface area (Å²) in [5.41, 5.74) is 0.0237. The quantitative estimate of drug-likeness (QED) is 0.803. The van der Waals surface area contributed by atoms with E-state index in [0.717, 1.165) is 37.6 Å². The Balaban J connectivity index is 2.14. The van der Waals surface area contributed by atoms with Gasteiger partial charge in [0.25, 0.3) is 0 Å². The zero-order chi connectivity index (χ0) is 17.1. The summed E-state index contributed by atoms with van der Waals surface area (Å²) in [6.07, 6.45) is -1.24. The first-order valence-corrected chi connectivity index (χ1v) is 8.81. The number of hydrogen-bond donors (Lipinski definition) is 2. The molecule has 0 aliphatic carbocycles. The van der Waals surface area contributed by atoms with Gasteiger partial charge in [0.2, 0.25) is 10.0 Å². The van der Waals surface area contributed by atoms with Gasteiger partial charge in [0.15, 0.2) is 0 Å². The number of piperidine rings is 1. The maximum atomic E-state index is 12.7. The highest BCUT2D eigenvalue weighted by Crippen LogP contribution is 2.32. The number of hydrogen-bond acceptors (Lipinski definition) is 3. The van der Waals surface area contributed by atoms with Crippen LogP contribution in [-0.4, -0.2) is 28.1 Å². The predicted octanol–water partition coefficient (Wildman–Crippen LogP) is 2.95. The zero-order valence-electron chi connectivity index (χ0n) is 12.1. The molecule has 1 aliphatic heterocycles. The molecular weight excluding hydrogens is 353 g/mol. The molecule has 1 fully saturated rings. The Morgan fingerprint density at radius 1 is 1.22 bits per heavy atom. The minimum absolute atomic E-state index is 0.0333. The summed E-state index contributed by atoms with van der Waals surface area (Å²) in [5.74, 6) is 0. The number of sulfonamides is 1. The average Bonchev–Trinajstić information content (AvgIpc) is 2.46. The molecule has 0 atom stereocenters. The second-order valence-electron chi connectivity index (χ2n) is 5.14. The fourth-order valence-corrected chi connectivity index (χ4v) is 3.55. The number of nitrogens with one attached hydrogen (secondary N) is 2. The number of rotatable bonds is 4. The monoisotopic (exact) mass is 368 g/mol. The van der Waals surface area contributed by atoms with Crippen molar-refractivity contribution >= 4 is 21.6 Å². The van der Waals surface area contributed by atoms with E-state index < -0.39 is 26.7 Å². The van der Waals surface area contributed by atoms with Crippen molar-refractivity contribution in [2.24, 2.45) is 0 Å². The summed E-state index contributed by atoms with van der Waals surface area (Å²) in [7, 11) is -4.06. The summed E-state index contributed by atoms with van der Waals surface area (Å²) in [4.78, 5) is -0.499. The number of benzene rings is 1. The second kappa shape index (κ2) is 7.21. The van der Waals surface area contributed by atoms with E-state index in [1.54, 1.807) is 6.08 Å². The summed E-state index contributed by atoms with van der Waals surface area (Å²) in [6.45, 7) is 1.70. The molecule has 0 spiro atoms. The van der Waals surface area contributed by atoms with Crippen molar-refractivity contribution in [3.63, 3.8) is 0 Å². The molecular formula is C14H16ClF3N2O2S. The molecule has 23 heavy (non-hydrogen) atoms. The Labute approximate surface area is 137 Å². The second-order valence-corrected chi connectivity index (χ2v) is 7.34. The maximum absolute atomic E-state index is 12.7. The molecule has 0 bridgehead atoms. The fourth-order valence-electron chi connectivity index (χ4n) is 2.21. The van der Waals surface area contributed by atoms with E-state index in [9.17, 15) is 21.6 Å². The van der Waals surface area contributed by atoms with Gasteiger partial charge in [-0.2, -0.15) is 13.2 Å². The van der Waals surface area contributed by atoms with Crippen LogP contribution < -0.4 is 10.0 Å². The van der Waals surface area contributed by atoms with E-state index in [1.807, 2.05) is 0 Å². The summed E-state index contributed by atoms with van der Waals surface area (Å²) < 4.78 is 64.8. The van der Waals surface area contributed by atoms with Crippen LogP contribution in [-0.2, 0) is 16.2 Å². The minimum Gasteiger partial charge on any atom is -0.316 e. The molecule has 9 heteroatoms. The molecule has 2 N–H and O–H groups in total. The van der Waals surface area contributed by atoms with E-state index in [1.165, 1.54) is 0 Å². The third-order valence-electron chi connectivity index (χ3n) is 3.42. The van der Waals surface area contributed by atoms with Crippen LogP contribution in [0.5, 0.6) is 0 Å². The molecule has 1 heterocycles. The molecule has 2 rings (SSSR count). The Kier molecular flexibility index (Phi) is 5.72. The first-order chi connectivity index (χ1) is 10.7. The Morgan fingerprint density at radius 2 is 1.87 bits per heavy atom. The minimum atomic E-state index is -4.66. The first kappa shape index (κ1) is 18.3. The Hall–Kier alpha value is -1.09. The van der Waals surface area contributed by atoms with Crippen LogP contribution in [0.3, 0.4) is 0 Å². The maximum Gasteiger partial charge on any atom is 0.416 e. The molecule has 1 saturated heterocycles. The lowest BCUT2D eigenvalue weighted by Gasteiger charge is -2.15. The van der Waals surface area contributed by atoms with Crippen LogP contribution in [0.25, 0.3) is 0 Å². The van der Waals surface area contributed by atoms with E-state index in [0.29, 0.717) is 12.1 Å². The van der Waals surface area contributed by atoms with Crippen molar-refractivity contribution < 1.29 is 21.6 Å². The van der Waals surface area contributed by atoms with Gasteiger partial charge in [-0.05, 0) is 44.1 Å². The molecule has 0 amide bonds. The van der Waals surface area contributed by atoms with E-state index >= 15 is 0 Å². The van der Waals surface area contributed by atoms with Crippen LogP contribution >= 0.6 is 11.6 Å². The summed E-state index contributed by atoms with van der Waals surface area (Å²) >= 11 is 5.61. The third kappa shape index (κ3) is 5.20. The molecule has 1 aromatic carbocycles. The van der Waals surface area contributed by atoms with Crippen LogP contribution in [0.15, 0.2) is 34.7 Å². The largest absolute Gasteiger partial charge is 0.416 e. The average molecular weight is 369 g/mol. The molecule has 0 aromatic heterocycles. The number of alkyl halides is 3. The number of halogens is 4. The third-order valence-corrected chi connectivity index (χ3v) is 5.04. The molecule has 4 nitrogen and oxygen atoms in total. The van der Waals surface area contributed by atoms with Crippen molar-refractivity contribution in [3.8, 4) is 0 Å². The summed E-state index contributed by atoms with van der Waals surface area (Å²) in [5, 5.41) is 2.89. The highest BCUT2D eigenvalue weighted by Gasteiger charge is 2.32. The van der Waals surface area contributed by atoms with Gasteiger partial charge in [-0.3, -0.25) is 0 Å². The lowest BCUT2D eigenvalue weighted by molar-refractivity contribution is -0.137. The van der Waals surface area contributed by atoms with Crippen LogP contribution in [0.4, 0.5) is 13.2 Å². The van der Waals surface area contributed by atoms with Crippen molar-refractivity contribution in [2.45, 2.75) is 23.9 Å². The fraction of sp³-hybridized carbons (Fsp3) is 0.429. The normalized spacial score (nSPS) is 16.4. The van der Waals surface area contributed by atoms with Crippen molar-refractivity contribution in [3.05, 3.63) is 40.4 Å². The van der Waals surface area contributed by atoms with Crippen LogP contribution in [0, 0.1) is 0 Å². The smallest absolute Gasteiger partial charge is 0.316 e. The van der Waals surface area contributed by atoms with E-state index in [2.05, 4.69) is 10.0 Å². The highest BCUT2D eigenvalue weighted by atomic mass is 35.5. The van der Waals surface area contributed by atoms with Gasteiger partial charge >= 0.3 is 6.18 Å². The van der Waals surface area contributed by atoms with E-state index in [-0.39, 0.29) is 11.6 Å². The van der Waals surface area contributed by atoms with Gasteiger partial charge in [0, 0.05) is 11.6 Å². The van der Waals surface area contributed by atoms with Crippen molar-refractivity contribution in [2.75, 3.05) is 19.6 Å². The SMILES string of the molecule is O=S(=O)(NCC=C1CCNCC1)c1cc(Cl)cc(C(F)(F)F)c1. The van der Waals surface area contributed by atoms with Gasteiger partial charge in [-0.15, -0.1) is 0 Å².